The van der Waals surface area contributed by atoms with Gasteiger partial charge >= 0.3 is 5.97 Å². The van der Waals surface area contributed by atoms with Gasteiger partial charge < -0.3 is 15.3 Å². The summed E-state index contributed by atoms with van der Waals surface area (Å²) < 4.78 is 3.07. The Morgan fingerprint density at radius 3 is 2.66 bits per heavy atom. The van der Waals surface area contributed by atoms with E-state index in [1.54, 1.807) is 42.2 Å². The summed E-state index contributed by atoms with van der Waals surface area (Å²) in [5.41, 5.74) is 3.09. The summed E-state index contributed by atoms with van der Waals surface area (Å²) in [7, 11) is 1.75. The third-order valence-electron chi connectivity index (χ3n) is 6.06. The fraction of sp³-hybridized carbons (Fsp3) is 0.160. The van der Waals surface area contributed by atoms with Crippen LogP contribution in [-0.2, 0) is 23.1 Å². The van der Waals surface area contributed by atoms with E-state index in [1.165, 1.54) is 46.3 Å². The number of rotatable bonds is 6. The number of amides is 2. The average molecular weight is 533 g/mol. The summed E-state index contributed by atoms with van der Waals surface area (Å²) in [5, 5.41) is 28.0. The molecule has 5 rings (SSSR count). The molecule has 1 atom stereocenters. The van der Waals surface area contributed by atoms with Gasteiger partial charge in [-0.1, -0.05) is 11.6 Å². The average Bonchev–Trinajstić information content (AvgIpc) is 3.56. The van der Waals surface area contributed by atoms with Crippen molar-refractivity contribution in [2.45, 2.75) is 12.5 Å². The van der Waals surface area contributed by atoms with E-state index < -0.39 is 17.9 Å². The molecule has 192 valence electrons. The van der Waals surface area contributed by atoms with Gasteiger partial charge in [-0.3, -0.25) is 14.3 Å². The van der Waals surface area contributed by atoms with Crippen LogP contribution in [0.3, 0.4) is 0 Å². The number of nitrogens with zero attached hydrogens (tertiary/aromatic N) is 7. The van der Waals surface area contributed by atoms with Crippen LogP contribution in [0.1, 0.15) is 33.2 Å². The molecule has 0 spiro atoms. The van der Waals surface area contributed by atoms with Gasteiger partial charge in [0.1, 0.15) is 12.4 Å². The number of aryl methyl sites for hydroxylation is 1. The van der Waals surface area contributed by atoms with Crippen molar-refractivity contribution in [3.63, 3.8) is 0 Å². The van der Waals surface area contributed by atoms with E-state index >= 15 is 0 Å². The number of halogens is 1. The van der Waals surface area contributed by atoms with E-state index in [1.807, 2.05) is 0 Å². The topological polar surface area (TPSA) is 148 Å². The summed E-state index contributed by atoms with van der Waals surface area (Å²) in [6, 6.07) is 9.96. The highest BCUT2D eigenvalue weighted by Crippen LogP contribution is 2.31. The molecule has 1 aliphatic heterocycles. The quantitative estimate of drug-likeness (QED) is 0.360. The van der Waals surface area contributed by atoms with Gasteiger partial charge in [-0.2, -0.15) is 9.78 Å². The van der Waals surface area contributed by atoms with E-state index in [0.717, 1.165) is 5.69 Å². The van der Waals surface area contributed by atoms with E-state index in [9.17, 15) is 14.4 Å². The summed E-state index contributed by atoms with van der Waals surface area (Å²) in [5.74, 6) is -1.90. The second-order valence-corrected chi connectivity index (χ2v) is 8.99. The molecule has 2 amide bonds. The minimum absolute atomic E-state index is 0.0965. The molecular weight excluding hydrogens is 512 g/mol. The molecule has 13 heteroatoms. The van der Waals surface area contributed by atoms with Gasteiger partial charge in [0.15, 0.2) is 0 Å². The SMILES string of the molecule is Cn1cc2c(n1)CCN(C(=O)/C=C/c1cc(Cl)ccc1-n1cnnn1)C2C(=O)Nc1ccc(C(=O)O)cc1. The van der Waals surface area contributed by atoms with Crippen LogP contribution in [0.2, 0.25) is 5.02 Å². The Morgan fingerprint density at radius 1 is 1.16 bits per heavy atom. The Labute approximate surface area is 221 Å². The lowest BCUT2D eigenvalue weighted by atomic mass is 9.98. The normalized spacial score (nSPS) is 14.9. The lowest BCUT2D eigenvalue weighted by molar-refractivity contribution is -0.135. The van der Waals surface area contributed by atoms with Crippen molar-refractivity contribution in [1.82, 2.24) is 34.9 Å². The largest absolute Gasteiger partial charge is 0.478 e. The molecule has 0 radical (unpaired) electrons. The molecule has 1 aliphatic rings. The second kappa shape index (κ2) is 10.3. The molecule has 0 bridgehead atoms. The first kappa shape index (κ1) is 24.8. The predicted molar refractivity (Wildman–Crippen MR) is 137 cm³/mol. The summed E-state index contributed by atoms with van der Waals surface area (Å²) >= 11 is 6.18. The molecule has 0 fully saturated rings. The number of aromatic nitrogens is 6. The smallest absolute Gasteiger partial charge is 0.335 e. The zero-order valence-corrected chi connectivity index (χ0v) is 20.8. The first-order valence-electron chi connectivity index (χ1n) is 11.5. The van der Waals surface area contributed by atoms with Crippen LogP contribution in [0.15, 0.2) is 61.1 Å². The lowest BCUT2D eigenvalue weighted by Crippen LogP contribution is -2.44. The van der Waals surface area contributed by atoms with E-state index in [-0.39, 0.29) is 18.0 Å². The predicted octanol–water partition coefficient (Wildman–Crippen LogP) is 2.53. The number of carbonyl (C=O) groups excluding carboxylic acids is 2. The molecule has 0 aliphatic carbocycles. The highest BCUT2D eigenvalue weighted by molar-refractivity contribution is 6.30. The maximum Gasteiger partial charge on any atom is 0.335 e. The number of fused-ring (bicyclic) bond motifs is 1. The van der Waals surface area contributed by atoms with E-state index in [4.69, 9.17) is 16.7 Å². The number of benzene rings is 2. The Bertz CT molecular complexity index is 1550. The minimum atomic E-state index is -1.07. The summed E-state index contributed by atoms with van der Waals surface area (Å²) in [6.45, 7) is 0.276. The molecule has 1 unspecified atom stereocenters. The number of tetrazole rings is 1. The summed E-state index contributed by atoms with van der Waals surface area (Å²) in [4.78, 5) is 39.5. The molecule has 38 heavy (non-hydrogen) atoms. The number of aromatic carboxylic acids is 1. The van der Waals surface area contributed by atoms with Crippen molar-refractivity contribution in [1.29, 1.82) is 0 Å². The van der Waals surface area contributed by atoms with Gasteiger partial charge in [0, 0.05) is 54.1 Å². The highest BCUT2D eigenvalue weighted by Gasteiger charge is 2.37. The Morgan fingerprint density at radius 2 is 1.95 bits per heavy atom. The molecule has 12 nitrogen and oxygen atoms in total. The number of hydrogen-bond donors (Lipinski definition) is 2. The first-order valence-corrected chi connectivity index (χ1v) is 11.9. The van der Waals surface area contributed by atoms with E-state index in [0.29, 0.717) is 33.9 Å². The maximum atomic E-state index is 13.5. The van der Waals surface area contributed by atoms with Gasteiger partial charge in [-0.25, -0.2) is 4.79 Å². The van der Waals surface area contributed by atoms with Crippen molar-refractivity contribution in [2.24, 2.45) is 7.05 Å². The minimum Gasteiger partial charge on any atom is -0.478 e. The zero-order chi connectivity index (χ0) is 26.8. The number of carboxylic acids is 1. The van der Waals surface area contributed by atoms with Crippen LogP contribution in [0.5, 0.6) is 0 Å². The van der Waals surface area contributed by atoms with Crippen LogP contribution in [0, 0.1) is 0 Å². The van der Waals surface area contributed by atoms with Crippen molar-refractivity contribution < 1.29 is 19.5 Å². The van der Waals surface area contributed by atoms with Crippen LogP contribution >= 0.6 is 11.6 Å². The monoisotopic (exact) mass is 532 g/mol. The fourth-order valence-corrected chi connectivity index (χ4v) is 4.50. The standard InChI is InChI=1S/C25H21ClN8O4/c1-32-13-19-20(29-32)10-11-33(23(19)24(36)28-18-6-2-15(3-7-18)25(37)38)22(35)9-4-16-12-17(26)5-8-21(16)34-14-27-30-31-34/h2-9,12-14,23H,10-11H2,1H3,(H,28,36)(H,37,38)/b9-4+. The Balaban J connectivity index is 1.43. The Kier molecular flexibility index (Phi) is 6.71. The number of carbonyl (C=O) groups is 3. The highest BCUT2D eigenvalue weighted by atomic mass is 35.5. The number of anilines is 1. The third-order valence-corrected chi connectivity index (χ3v) is 6.29. The lowest BCUT2D eigenvalue weighted by Gasteiger charge is -2.33. The van der Waals surface area contributed by atoms with Crippen LogP contribution in [-0.4, -0.2) is 64.3 Å². The van der Waals surface area contributed by atoms with Crippen LogP contribution < -0.4 is 5.32 Å². The summed E-state index contributed by atoms with van der Waals surface area (Å²) in [6.07, 6.45) is 6.62. The van der Waals surface area contributed by atoms with Gasteiger partial charge in [0.25, 0.3) is 5.91 Å². The Hall–Kier alpha value is -4.84. The van der Waals surface area contributed by atoms with Gasteiger partial charge in [-0.05, 0) is 59.0 Å². The van der Waals surface area contributed by atoms with Crippen LogP contribution in [0.4, 0.5) is 5.69 Å². The van der Waals surface area contributed by atoms with Crippen molar-refractivity contribution in [3.8, 4) is 5.69 Å². The molecule has 0 saturated heterocycles. The molecule has 2 aromatic heterocycles. The maximum absolute atomic E-state index is 13.5. The molecule has 4 aromatic rings. The fourth-order valence-electron chi connectivity index (χ4n) is 4.32. The molecular formula is C25H21ClN8O4. The van der Waals surface area contributed by atoms with Crippen molar-refractivity contribution in [3.05, 3.63) is 88.5 Å². The van der Waals surface area contributed by atoms with Gasteiger partial charge in [0.2, 0.25) is 5.91 Å². The molecule has 2 N–H and O–H groups in total. The van der Waals surface area contributed by atoms with Crippen molar-refractivity contribution >= 4 is 41.1 Å². The second-order valence-electron chi connectivity index (χ2n) is 8.55. The van der Waals surface area contributed by atoms with E-state index in [2.05, 4.69) is 25.9 Å². The molecule has 0 saturated carbocycles. The molecule has 2 aromatic carbocycles. The number of hydrogen-bond acceptors (Lipinski definition) is 7. The van der Waals surface area contributed by atoms with Crippen molar-refractivity contribution in [2.75, 3.05) is 11.9 Å². The first-order chi connectivity index (χ1) is 18.3. The molecule has 3 heterocycles. The van der Waals surface area contributed by atoms with Crippen LogP contribution in [0.25, 0.3) is 11.8 Å². The third kappa shape index (κ3) is 5.02. The number of carboxylic acid groups (broad SMARTS) is 1. The van der Waals surface area contributed by atoms with Gasteiger partial charge in [-0.15, -0.1) is 5.10 Å². The van der Waals surface area contributed by atoms with Gasteiger partial charge in [0.05, 0.1) is 16.9 Å². The number of nitrogens with one attached hydrogen (secondary N) is 1. The zero-order valence-electron chi connectivity index (χ0n) is 20.0.